The van der Waals surface area contributed by atoms with Crippen molar-refractivity contribution in [1.29, 1.82) is 0 Å². The molecule has 1 fully saturated rings. The molecule has 15 heavy (non-hydrogen) atoms. The van der Waals surface area contributed by atoms with Gasteiger partial charge >= 0.3 is 0 Å². The second-order valence-corrected chi connectivity index (χ2v) is 4.70. The number of aromatic nitrogens is 2. The number of hydrogen-bond acceptors (Lipinski definition) is 2. The molecule has 1 aromatic heterocycles. The molecule has 0 N–H and O–H groups in total. The predicted molar refractivity (Wildman–Crippen MR) is 55.5 cm³/mol. The Hall–Kier alpha value is -0.900. The predicted octanol–water partition coefficient (Wildman–Crippen LogP) is 1.16. The highest BCUT2D eigenvalue weighted by atomic mass is 19.1. The largest absolute Gasteiger partial charge is 0.293 e. The van der Waals surface area contributed by atoms with Crippen molar-refractivity contribution in [1.82, 2.24) is 14.7 Å². The van der Waals surface area contributed by atoms with Crippen LogP contribution >= 0.6 is 0 Å². The van der Waals surface area contributed by atoms with Crippen LogP contribution in [0.15, 0.2) is 6.20 Å². The summed E-state index contributed by atoms with van der Waals surface area (Å²) in [6.45, 7) is 4.30. The van der Waals surface area contributed by atoms with Crippen molar-refractivity contribution < 1.29 is 4.39 Å². The number of fused-ring (bicyclic) bond motifs is 1. The minimum Gasteiger partial charge on any atom is -0.293 e. The van der Waals surface area contributed by atoms with E-state index in [2.05, 4.69) is 21.6 Å². The lowest BCUT2D eigenvalue weighted by Gasteiger charge is -2.42. The first-order chi connectivity index (χ1) is 7.24. The van der Waals surface area contributed by atoms with E-state index in [1.54, 1.807) is 0 Å². The third-order valence-electron chi connectivity index (χ3n) is 3.64. The lowest BCUT2D eigenvalue weighted by molar-refractivity contribution is 0.0124. The van der Waals surface area contributed by atoms with Gasteiger partial charge in [0, 0.05) is 24.8 Å². The molecule has 2 aliphatic rings. The van der Waals surface area contributed by atoms with Gasteiger partial charge in [-0.15, -0.1) is 0 Å². The molecule has 0 spiro atoms. The fraction of sp³-hybridized carbons (Fsp3) is 0.727. The van der Waals surface area contributed by atoms with Gasteiger partial charge < -0.3 is 0 Å². The molecule has 3 nitrogen and oxygen atoms in total. The Morgan fingerprint density at radius 3 is 2.93 bits per heavy atom. The second-order valence-electron chi connectivity index (χ2n) is 4.70. The number of likely N-dealkylation sites (tertiary alicyclic amines) is 1. The Kier molecular flexibility index (Phi) is 2.06. The maximum absolute atomic E-state index is 12.8. The fourth-order valence-electron chi connectivity index (χ4n) is 2.63. The van der Waals surface area contributed by atoms with E-state index in [9.17, 15) is 4.39 Å². The first-order valence-electron chi connectivity index (χ1n) is 5.63. The maximum Gasteiger partial charge on any atom is 0.125 e. The molecule has 2 aliphatic heterocycles. The molecule has 0 unspecified atom stereocenters. The van der Waals surface area contributed by atoms with Gasteiger partial charge in [0.15, 0.2) is 0 Å². The summed E-state index contributed by atoms with van der Waals surface area (Å²) in [4.78, 5) is 2.24. The van der Waals surface area contributed by atoms with Crippen LogP contribution in [0, 0.1) is 6.92 Å². The van der Waals surface area contributed by atoms with E-state index in [1.165, 1.54) is 11.3 Å². The van der Waals surface area contributed by atoms with Gasteiger partial charge in [0.2, 0.25) is 0 Å². The van der Waals surface area contributed by atoms with E-state index >= 15 is 0 Å². The van der Waals surface area contributed by atoms with Crippen molar-refractivity contribution >= 4 is 0 Å². The average molecular weight is 209 g/mol. The molecule has 0 saturated carbocycles. The first kappa shape index (κ1) is 9.33. The van der Waals surface area contributed by atoms with Crippen LogP contribution in [0.3, 0.4) is 0 Å². The molecule has 0 aliphatic carbocycles. The molecular formula is C11H16FN3. The molecule has 0 amide bonds. The second kappa shape index (κ2) is 3.30. The topological polar surface area (TPSA) is 21.1 Å². The summed E-state index contributed by atoms with van der Waals surface area (Å²) < 4.78 is 14.9. The van der Waals surface area contributed by atoms with E-state index in [0.717, 1.165) is 19.4 Å². The highest BCUT2D eigenvalue weighted by Gasteiger charge is 2.34. The minimum atomic E-state index is -0.592. The van der Waals surface area contributed by atoms with Crippen LogP contribution < -0.4 is 0 Å². The van der Waals surface area contributed by atoms with E-state index in [1.807, 2.05) is 6.20 Å². The third-order valence-corrected chi connectivity index (χ3v) is 3.64. The van der Waals surface area contributed by atoms with Gasteiger partial charge in [-0.25, -0.2) is 4.39 Å². The summed E-state index contributed by atoms with van der Waals surface area (Å²) >= 11 is 0. The molecule has 1 saturated heterocycles. The van der Waals surface area contributed by atoms with Gasteiger partial charge in [0.25, 0.3) is 0 Å². The van der Waals surface area contributed by atoms with E-state index in [-0.39, 0.29) is 0 Å². The normalized spacial score (nSPS) is 27.5. The number of hydrogen-bond donors (Lipinski definition) is 0. The summed E-state index contributed by atoms with van der Waals surface area (Å²) in [6.07, 6.45) is 3.58. The van der Waals surface area contributed by atoms with Gasteiger partial charge in [-0.3, -0.25) is 9.58 Å². The molecule has 3 rings (SSSR count). The van der Waals surface area contributed by atoms with Crippen LogP contribution in [0.1, 0.15) is 17.7 Å². The van der Waals surface area contributed by atoms with Crippen molar-refractivity contribution in [3.05, 3.63) is 17.5 Å². The molecule has 0 bridgehead atoms. The lowest BCUT2D eigenvalue weighted by atomic mass is 9.99. The quantitative estimate of drug-likeness (QED) is 0.692. The zero-order chi connectivity index (χ0) is 10.4. The third kappa shape index (κ3) is 1.47. The molecule has 3 heterocycles. The SMILES string of the molecule is Cc1cnn2c1CC[C@H](N1CC(F)C1)C2. The Bertz CT molecular complexity index is 368. The van der Waals surface area contributed by atoms with Gasteiger partial charge in [-0.2, -0.15) is 5.10 Å². The molecule has 82 valence electrons. The Labute approximate surface area is 88.9 Å². The summed E-state index contributed by atoms with van der Waals surface area (Å²) in [5.41, 5.74) is 2.66. The smallest absolute Gasteiger partial charge is 0.125 e. The standard InChI is InChI=1S/C11H16FN3/c1-8-4-13-15-7-10(2-3-11(8)15)14-5-9(12)6-14/h4,9-10H,2-3,5-7H2,1H3/t10-/m0/s1. The van der Waals surface area contributed by atoms with Crippen LogP contribution in [-0.2, 0) is 13.0 Å². The first-order valence-corrected chi connectivity index (χ1v) is 5.63. The Morgan fingerprint density at radius 1 is 1.40 bits per heavy atom. The maximum atomic E-state index is 12.8. The Balaban J connectivity index is 1.72. The van der Waals surface area contributed by atoms with Crippen LogP contribution in [-0.4, -0.2) is 40.0 Å². The Morgan fingerprint density at radius 2 is 2.20 bits per heavy atom. The van der Waals surface area contributed by atoms with Crippen molar-refractivity contribution in [3.63, 3.8) is 0 Å². The summed E-state index contributed by atoms with van der Waals surface area (Å²) in [6, 6.07) is 0.504. The number of aryl methyl sites for hydroxylation is 1. The molecule has 0 radical (unpaired) electrons. The van der Waals surface area contributed by atoms with Crippen molar-refractivity contribution in [2.24, 2.45) is 0 Å². The van der Waals surface area contributed by atoms with Crippen LogP contribution in [0.2, 0.25) is 0 Å². The number of alkyl halides is 1. The molecule has 4 heteroatoms. The zero-order valence-electron chi connectivity index (χ0n) is 8.99. The van der Waals surface area contributed by atoms with Crippen LogP contribution in [0.25, 0.3) is 0 Å². The summed E-state index contributed by atoms with van der Waals surface area (Å²) in [7, 11) is 0. The molecular weight excluding hydrogens is 193 g/mol. The van der Waals surface area contributed by atoms with E-state index in [4.69, 9.17) is 0 Å². The van der Waals surface area contributed by atoms with E-state index < -0.39 is 6.17 Å². The van der Waals surface area contributed by atoms with Crippen LogP contribution in [0.4, 0.5) is 4.39 Å². The minimum absolute atomic E-state index is 0.504. The number of nitrogens with zero attached hydrogens (tertiary/aromatic N) is 3. The fourth-order valence-corrected chi connectivity index (χ4v) is 2.63. The highest BCUT2D eigenvalue weighted by Crippen LogP contribution is 2.25. The zero-order valence-corrected chi connectivity index (χ0v) is 8.99. The number of halogens is 1. The monoisotopic (exact) mass is 209 g/mol. The summed E-state index contributed by atoms with van der Waals surface area (Å²) in [5, 5.41) is 4.36. The molecule has 1 atom stereocenters. The van der Waals surface area contributed by atoms with Crippen LogP contribution in [0.5, 0.6) is 0 Å². The van der Waals surface area contributed by atoms with Gasteiger partial charge in [0.05, 0.1) is 12.7 Å². The van der Waals surface area contributed by atoms with Crippen molar-refractivity contribution in [2.75, 3.05) is 13.1 Å². The number of rotatable bonds is 1. The van der Waals surface area contributed by atoms with Crippen molar-refractivity contribution in [2.45, 2.75) is 38.5 Å². The van der Waals surface area contributed by atoms with Gasteiger partial charge in [-0.05, 0) is 25.3 Å². The summed E-state index contributed by atoms with van der Waals surface area (Å²) in [5.74, 6) is 0. The average Bonchev–Trinajstić information content (AvgIpc) is 2.55. The molecule has 1 aromatic rings. The van der Waals surface area contributed by atoms with E-state index in [0.29, 0.717) is 19.1 Å². The van der Waals surface area contributed by atoms with Crippen molar-refractivity contribution in [3.8, 4) is 0 Å². The molecule has 0 aromatic carbocycles. The van der Waals surface area contributed by atoms with Gasteiger partial charge in [0.1, 0.15) is 6.17 Å². The van der Waals surface area contributed by atoms with Gasteiger partial charge in [-0.1, -0.05) is 0 Å². The highest BCUT2D eigenvalue weighted by molar-refractivity contribution is 5.17. The lowest BCUT2D eigenvalue weighted by Crippen LogP contribution is -2.55.